The van der Waals surface area contributed by atoms with Crippen LogP contribution in [-0.4, -0.2) is 27.1 Å². The third kappa shape index (κ3) is 2.49. The van der Waals surface area contributed by atoms with E-state index in [1.165, 1.54) is 10.6 Å². The van der Waals surface area contributed by atoms with Crippen LogP contribution in [0.15, 0.2) is 33.7 Å². The van der Waals surface area contributed by atoms with Gasteiger partial charge in [0.2, 0.25) is 0 Å². The summed E-state index contributed by atoms with van der Waals surface area (Å²) in [6.07, 6.45) is 3.40. The van der Waals surface area contributed by atoms with E-state index >= 15 is 0 Å². The fraction of sp³-hybridized carbons (Fsp3) is 0.400. The number of hydrogen-bond acceptors (Lipinski definition) is 4. The maximum Gasteiger partial charge on any atom is 0.254 e. The average Bonchev–Trinajstić information content (AvgIpc) is 3.09. The van der Waals surface area contributed by atoms with E-state index < -0.39 is 0 Å². The summed E-state index contributed by atoms with van der Waals surface area (Å²) >= 11 is 0. The molecule has 1 amide bonds. The van der Waals surface area contributed by atoms with Crippen LogP contribution in [0.3, 0.4) is 0 Å². The number of rotatable bonds is 2. The molecular formula is C15H17N3O3. The predicted octanol–water partition coefficient (Wildman–Crippen LogP) is 1.66. The molecule has 1 aliphatic heterocycles. The minimum Gasteiger partial charge on any atom is -0.361 e. The van der Waals surface area contributed by atoms with Crippen LogP contribution in [0, 0.1) is 6.92 Å². The van der Waals surface area contributed by atoms with Gasteiger partial charge in [0.15, 0.2) is 0 Å². The van der Waals surface area contributed by atoms with Crippen molar-refractivity contribution in [3.05, 3.63) is 51.8 Å². The standard InChI is InChI=1S/C15H17N3O3/c1-10-8-12(16-21-10)13-4-3-6-18(13)15(20)11-5-7-17(2)14(19)9-11/h5,7-9,13H,3-4,6H2,1-2H3/t13-/m0/s1. The van der Waals surface area contributed by atoms with E-state index in [4.69, 9.17) is 4.52 Å². The Kier molecular flexibility index (Phi) is 3.37. The molecule has 110 valence electrons. The molecule has 0 saturated carbocycles. The molecule has 3 rings (SSSR count). The number of carbonyl (C=O) groups is 1. The Bertz CT molecular complexity index is 732. The van der Waals surface area contributed by atoms with E-state index in [1.54, 1.807) is 24.2 Å². The number of pyridine rings is 1. The van der Waals surface area contributed by atoms with E-state index in [1.807, 2.05) is 13.0 Å². The topological polar surface area (TPSA) is 68.3 Å². The summed E-state index contributed by atoms with van der Waals surface area (Å²) in [6, 6.07) is 4.85. The van der Waals surface area contributed by atoms with E-state index in [-0.39, 0.29) is 17.5 Å². The number of aryl methyl sites for hydroxylation is 2. The van der Waals surface area contributed by atoms with Gasteiger partial charge < -0.3 is 14.0 Å². The number of aromatic nitrogens is 2. The first-order chi connectivity index (χ1) is 10.1. The fourth-order valence-electron chi connectivity index (χ4n) is 2.71. The van der Waals surface area contributed by atoms with Crippen LogP contribution < -0.4 is 5.56 Å². The number of carbonyl (C=O) groups excluding carboxylic acids is 1. The Morgan fingerprint density at radius 3 is 2.90 bits per heavy atom. The summed E-state index contributed by atoms with van der Waals surface area (Å²) in [7, 11) is 1.66. The smallest absolute Gasteiger partial charge is 0.254 e. The second kappa shape index (κ2) is 5.20. The van der Waals surface area contributed by atoms with Crippen LogP contribution >= 0.6 is 0 Å². The van der Waals surface area contributed by atoms with Gasteiger partial charge in [-0.1, -0.05) is 5.16 Å². The van der Waals surface area contributed by atoms with E-state index in [0.717, 1.165) is 24.3 Å². The molecule has 0 unspecified atom stereocenters. The summed E-state index contributed by atoms with van der Waals surface area (Å²) in [5.41, 5.74) is 1.02. The lowest BCUT2D eigenvalue weighted by molar-refractivity contribution is 0.0730. The van der Waals surface area contributed by atoms with Crippen LogP contribution in [0.4, 0.5) is 0 Å². The van der Waals surface area contributed by atoms with Gasteiger partial charge in [0.1, 0.15) is 11.5 Å². The normalized spacial score (nSPS) is 18.2. The molecule has 0 radical (unpaired) electrons. The lowest BCUT2D eigenvalue weighted by atomic mass is 10.1. The highest BCUT2D eigenvalue weighted by Crippen LogP contribution is 2.32. The Morgan fingerprint density at radius 2 is 2.24 bits per heavy atom. The molecule has 6 heteroatoms. The van der Waals surface area contributed by atoms with Gasteiger partial charge in [0, 0.05) is 37.5 Å². The molecule has 0 aromatic carbocycles. The van der Waals surface area contributed by atoms with E-state index in [2.05, 4.69) is 5.16 Å². The zero-order chi connectivity index (χ0) is 15.0. The minimum atomic E-state index is -0.186. The monoisotopic (exact) mass is 287 g/mol. The molecule has 21 heavy (non-hydrogen) atoms. The average molecular weight is 287 g/mol. The summed E-state index contributed by atoms with van der Waals surface area (Å²) < 4.78 is 6.55. The highest BCUT2D eigenvalue weighted by Gasteiger charge is 2.32. The zero-order valence-electron chi connectivity index (χ0n) is 12.1. The quantitative estimate of drug-likeness (QED) is 0.842. The Morgan fingerprint density at radius 1 is 1.43 bits per heavy atom. The fourth-order valence-corrected chi connectivity index (χ4v) is 2.71. The summed E-state index contributed by atoms with van der Waals surface area (Å²) in [4.78, 5) is 26.1. The minimum absolute atomic E-state index is 0.0704. The molecular weight excluding hydrogens is 270 g/mol. The Hall–Kier alpha value is -2.37. The first-order valence-electron chi connectivity index (χ1n) is 6.97. The van der Waals surface area contributed by atoms with Crippen molar-refractivity contribution in [1.29, 1.82) is 0 Å². The number of likely N-dealkylation sites (tertiary alicyclic amines) is 1. The van der Waals surface area contributed by atoms with Crippen LogP contribution in [0.2, 0.25) is 0 Å². The van der Waals surface area contributed by atoms with Crippen molar-refractivity contribution in [2.24, 2.45) is 7.05 Å². The summed E-state index contributed by atoms with van der Waals surface area (Å²) in [5, 5.41) is 4.02. The Labute approximate surface area is 122 Å². The van der Waals surface area contributed by atoms with E-state index in [0.29, 0.717) is 12.1 Å². The number of amides is 1. The first-order valence-corrected chi connectivity index (χ1v) is 6.97. The second-order valence-corrected chi connectivity index (χ2v) is 5.38. The van der Waals surface area contributed by atoms with Crippen LogP contribution in [0.5, 0.6) is 0 Å². The molecule has 1 atom stereocenters. The van der Waals surface area contributed by atoms with Crippen LogP contribution in [0.1, 0.15) is 40.7 Å². The second-order valence-electron chi connectivity index (χ2n) is 5.38. The SMILES string of the molecule is Cc1cc([C@@H]2CCCN2C(=O)c2ccn(C)c(=O)c2)no1. The van der Waals surface area contributed by atoms with Crippen molar-refractivity contribution in [1.82, 2.24) is 14.6 Å². The van der Waals surface area contributed by atoms with Gasteiger partial charge in [0.05, 0.1) is 6.04 Å². The van der Waals surface area contributed by atoms with Crippen molar-refractivity contribution in [3.8, 4) is 0 Å². The molecule has 1 aliphatic rings. The van der Waals surface area contributed by atoms with Gasteiger partial charge in [-0.3, -0.25) is 9.59 Å². The molecule has 0 aliphatic carbocycles. The van der Waals surface area contributed by atoms with Crippen LogP contribution in [0.25, 0.3) is 0 Å². The zero-order valence-corrected chi connectivity index (χ0v) is 12.1. The molecule has 3 heterocycles. The molecule has 2 aromatic heterocycles. The first kappa shape index (κ1) is 13.6. The Balaban J connectivity index is 1.89. The van der Waals surface area contributed by atoms with Crippen molar-refractivity contribution < 1.29 is 9.32 Å². The molecule has 2 aromatic rings. The lowest BCUT2D eigenvalue weighted by Crippen LogP contribution is -2.32. The van der Waals surface area contributed by atoms with Crippen LogP contribution in [-0.2, 0) is 7.05 Å². The highest BCUT2D eigenvalue weighted by atomic mass is 16.5. The summed E-state index contributed by atoms with van der Waals surface area (Å²) in [6.45, 7) is 2.50. The maximum absolute atomic E-state index is 12.6. The molecule has 1 fully saturated rings. The lowest BCUT2D eigenvalue weighted by Gasteiger charge is -2.23. The van der Waals surface area contributed by atoms with Gasteiger partial charge in [-0.25, -0.2) is 0 Å². The van der Waals surface area contributed by atoms with Crippen molar-refractivity contribution in [2.45, 2.75) is 25.8 Å². The maximum atomic E-state index is 12.6. The highest BCUT2D eigenvalue weighted by molar-refractivity contribution is 5.94. The van der Waals surface area contributed by atoms with Gasteiger partial charge in [0.25, 0.3) is 11.5 Å². The van der Waals surface area contributed by atoms with Gasteiger partial charge in [-0.2, -0.15) is 0 Å². The molecule has 6 nitrogen and oxygen atoms in total. The molecule has 0 spiro atoms. The van der Waals surface area contributed by atoms with Gasteiger partial charge in [-0.15, -0.1) is 0 Å². The van der Waals surface area contributed by atoms with Gasteiger partial charge in [-0.05, 0) is 25.8 Å². The number of hydrogen-bond donors (Lipinski definition) is 0. The number of nitrogens with zero attached hydrogens (tertiary/aromatic N) is 3. The van der Waals surface area contributed by atoms with Crippen molar-refractivity contribution in [3.63, 3.8) is 0 Å². The molecule has 1 saturated heterocycles. The molecule has 0 bridgehead atoms. The predicted molar refractivity (Wildman–Crippen MR) is 75.9 cm³/mol. The molecule has 0 N–H and O–H groups in total. The van der Waals surface area contributed by atoms with E-state index in [9.17, 15) is 9.59 Å². The third-order valence-electron chi connectivity index (χ3n) is 3.85. The largest absolute Gasteiger partial charge is 0.361 e. The van der Waals surface area contributed by atoms with Gasteiger partial charge >= 0.3 is 0 Å². The van der Waals surface area contributed by atoms with Crippen molar-refractivity contribution >= 4 is 5.91 Å². The van der Waals surface area contributed by atoms with Crippen molar-refractivity contribution in [2.75, 3.05) is 6.54 Å². The third-order valence-corrected chi connectivity index (χ3v) is 3.85. The summed E-state index contributed by atoms with van der Waals surface area (Å²) in [5.74, 6) is 0.605.